The maximum Gasteiger partial charge on any atom is 0.216 e. The molecule has 0 radical (unpaired) electrons. The number of aromatic nitrogens is 1. The Hall–Kier alpha value is -1.56. The molecule has 0 saturated carbocycles. The van der Waals surface area contributed by atoms with Crippen molar-refractivity contribution in [1.29, 1.82) is 0 Å². The highest BCUT2D eigenvalue weighted by atomic mass is 35.5. The Balaban J connectivity index is 1.94. The van der Waals surface area contributed by atoms with Crippen molar-refractivity contribution in [3.05, 3.63) is 47.1 Å². The summed E-state index contributed by atoms with van der Waals surface area (Å²) in [7, 11) is -1.76. The first kappa shape index (κ1) is 20.7. The molecule has 0 saturated heterocycles. The van der Waals surface area contributed by atoms with Gasteiger partial charge in [-0.3, -0.25) is 0 Å². The summed E-state index contributed by atoms with van der Waals surface area (Å²) in [4.78, 5) is 4.23. The number of rotatable bonds is 7. The van der Waals surface area contributed by atoms with E-state index in [9.17, 15) is 0 Å². The van der Waals surface area contributed by atoms with Crippen LogP contribution in [0.3, 0.4) is 0 Å². The van der Waals surface area contributed by atoms with Crippen molar-refractivity contribution in [2.75, 3.05) is 18.5 Å². The van der Waals surface area contributed by atoms with Gasteiger partial charge in [0.1, 0.15) is 11.8 Å². The lowest BCUT2D eigenvalue weighted by atomic mass is 10.2. The first-order valence-corrected chi connectivity index (χ1v) is 12.1. The van der Waals surface area contributed by atoms with E-state index in [1.165, 1.54) is 5.56 Å². The molecule has 0 atom stereocenters. The third-order valence-corrected chi connectivity index (χ3v) is 9.45. The van der Waals surface area contributed by atoms with Gasteiger partial charge in [-0.05, 0) is 43.3 Å². The Kier molecular flexibility index (Phi) is 6.72. The van der Waals surface area contributed by atoms with Crippen LogP contribution in [0.2, 0.25) is 23.3 Å². The van der Waals surface area contributed by atoms with Crippen LogP contribution >= 0.6 is 11.6 Å². The average Bonchev–Trinajstić information content (AvgIpc) is 2.52. The van der Waals surface area contributed by atoms with Crippen molar-refractivity contribution in [1.82, 2.24) is 4.98 Å². The zero-order valence-corrected chi connectivity index (χ0v) is 18.3. The average molecular weight is 393 g/mol. The third kappa shape index (κ3) is 6.00. The molecule has 0 aliphatic carbocycles. The van der Waals surface area contributed by atoms with Crippen LogP contribution in [0.4, 0.5) is 11.4 Å². The standard InChI is InChI=1S/C20H29ClN2O2Si/c1-15-7-9-16(10-8-15)22-17-13-18(21)23-19(14-17)24-11-12-25-26(5,6)20(2,3)4/h7-10,13-14H,11-12H2,1-6H3,(H,22,23). The highest BCUT2D eigenvalue weighted by Crippen LogP contribution is 2.36. The predicted octanol–water partition coefficient (Wildman–Crippen LogP) is 6.19. The van der Waals surface area contributed by atoms with Crippen LogP contribution in [0.25, 0.3) is 0 Å². The summed E-state index contributed by atoms with van der Waals surface area (Å²) < 4.78 is 11.9. The van der Waals surface area contributed by atoms with Gasteiger partial charge in [0, 0.05) is 17.4 Å². The zero-order chi connectivity index (χ0) is 19.4. The van der Waals surface area contributed by atoms with Crippen molar-refractivity contribution in [3.63, 3.8) is 0 Å². The second kappa shape index (κ2) is 8.42. The summed E-state index contributed by atoms with van der Waals surface area (Å²) in [5.41, 5.74) is 3.05. The first-order chi connectivity index (χ1) is 12.1. The highest BCUT2D eigenvalue weighted by Gasteiger charge is 2.36. The monoisotopic (exact) mass is 392 g/mol. The summed E-state index contributed by atoms with van der Waals surface area (Å²) in [5, 5.41) is 3.90. The number of aryl methyl sites for hydroxylation is 1. The van der Waals surface area contributed by atoms with Crippen molar-refractivity contribution in [3.8, 4) is 5.88 Å². The van der Waals surface area contributed by atoms with E-state index in [2.05, 4.69) is 63.2 Å². The molecule has 1 aromatic heterocycles. The molecule has 4 nitrogen and oxygen atoms in total. The molecule has 1 N–H and O–H groups in total. The van der Waals surface area contributed by atoms with Gasteiger partial charge in [0.25, 0.3) is 0 Å². The quantitative estimate of drug-likeness (QED) is 0.346. The molecule has 0 unspecified atom stereocenters. The summed E-state index contributed by atoms with van der Waals surface area (Å²) in [5.74, 6) is 0.492. The second-order valence-electron chi connectivity index (χ2n) is 7.97. The number of hydrogen-bond acceptors (Lipinski definition) is 4. The van der Waals surface area contributed by atoms with Gasteiger partial charge in [-0.2, -0.15) is 0 Å². The minimum absolute atomic E-state index is 0.187. The Labute approximate surface area is 163 Å². The van der Waals surface area contributed by atoms with Crippen LogP contribution in [0.5, 0.6) is 5.88 Å². The van der Waals surface area contributed by atoms with Crippen LogP contribution < -0.4 is 10.1 Å². The van der Waals surface area contributed by atoms with Gasteiger partial charge in [0.2, 0.25) is 5.88 Å². The van der Waals surface area contributed by atoms with Gasteiger partial charge >= 0.3 is 0 Å². The number of hydrogen-bond donors (Lipinski definition) is 1. The number of nitrogens with one attached hydrogen (secondary N) is 1. The lowest BCUT2D eigenvalue weighted by Crippen LogP contribution is -2.41. The maximum atomic E-state index is 6.13. The van der Waals surface area contributed by atoms with Crippen LogP contribution in [0, 0.1) is 6.92 Å². The molecule has 0 spiro atoms. The van der Waals surface area contributed by atoms with E-state index in [1.807, 2.05) is 18.2 Å². The van der Waals surface area contributed by atoms with Gasteiger partial charge in [-0.15, -0.1) is 0 Å². The lowest BCUT2D eigenvalue weighted by Gasteiger charge is -2.36. The van der Waals surface area contributed by atoms with Gasteiger partial charge in [-0.1, -0.05) is 50.1 Å². The highest BCUT2D eigenvalue weighted by molar-refractivity contribution is 6.74. The zero-order valence-electron chi connectivity index (χ0n) is 16.5. The Morgan fingerprint density at radius 3 is 2.31 bits per heavy atom. The third-order valence-electron chi connectivity index (χ3n) is 4.71. The number of nitrogens with zero attached hydrogens (tertiary/aromatic N) is 1. The lowest BCUT2D eigenvalue weighted by molar-refractivity contribution is 0.199. The molecule has 142 valence electrons. The Morgan fingerprint density at radius 1 is 1.04 bits per heavy atom. The van der Waals surface area contributed by atoms with Crippen molar-refractivity contribution in [2.24, 2.45) is 0 Å². The summed E-state index contributed by atoms with van der Waals surface area (Å²) in [6.45, 7) is 14.2. The fourth-order valence-electron chi connectivity index (χ4n) is 2.08. The molecular weight excluding hydrogens is 364 g/mol. The molecular formula is C20H29ClN2O2Si. The molecule has 6 heteroatoms. The molecule has 1 heterocycles. The fourth-order valence-corrected chi connectivity index (χ4v) is 3.31. The number of ether oxygens (including phenoxy) is 1. The molecule has 26 heavy (non-hydrogen) atoms. The van der Waals surface area contributed by atoms with Crippen molar-refractivity contribution in [2.45, 2.75) is 45.8 Å². The molecule has 0 aliphatic heterocycles. The minimum atomic E-state index is -1.76. The van der Waals surface area contributed by atoms with Crippen LogP contribution in [-0.2, 0) is 4.43 Å². The summed E-state index contributed by atoms with van der Waals surface area (Å²) in [6.07, 6.45) is 0. The number of pyridine rings is 1. The predicted molar refractivity (Wildman–Crippen MR) is 112 cm³/mol. The fraction of sp³-hybridized carbons (Fsp3) is 0.450. The minimum Gasteiger partial charge on any atom is -0.475 e. The van der Waals surface area contributed by atoms with E-state index in [-0.39, 0.29) is 5.04 Å². The van der Waals surface area contributed by atoms with Crippen molar-refractivity contribution < 1.29 is 9.16 Å². The molecule has 0 fully saturated rings. The molecule has 2 aromatic rings. The van der Waals surface area contributed by atoms with Gasteiger partial charge in [0.15, 0.2) is 8.32 Å². The normalized spacial score (nSPS) is 12.1. The maximum absolute atomic E-state index is 6.13. The van der Waals surface area contributed by atoms with Crippen LogP contribution in [0.1, 0.15) is 26.3 Å². The molecule has 1 aromatic carbocycles. The molecule has 0 aliphatic rings. The second-order valence-corrected chi connectivity index (χ2v) is 13.2. The summed E-state index contributed by atoms with van der Waals surface area (Å²) in [6, 6.07) is 11.8. The van der Waals surface area contributed by atoms with Gasteiger partial charge in [0.05, 0.1) is 6.61 Å². The van der Waals surface area contributed by atoms with E-state index >= 15 is 0 Å². The number of anilines is 2. The molecule has 2 rings (SSSR count). The molecule has 0 amide bonds. The van der Waals surface area contributed by atoms with E-state index in [0.29, 0.717) is 24.2 Å². The van der Waals surface area contributed by atoms with Crippen LogP contribution in [0.15, 0.2) is 36.4 Å². The first-order valence-electron chi connectivity index (χ1n) is 8.85. The Bertz CT molecular complexity index is 728. The van der Waals surface area contributed by atoms with Gasteiger partial charge in [-0.25, -0.2) is 4.98 Å². The van der Waals surface area contributed by atoms with E-state index in [4.69, 9.17) is 20.8 Å². The van der Waals surface area contributed by atoms with Crippen LogP contribution in [-0.4, -0.2) is 26.5 Å². The van der Waals surface area contributed by atoms with E-state index < -0.39 is 8.32 Å². The summed E-state index contributed by atoms with van der Waals surface area (Å²) >= 11 is 6.13. The SMILES string of the molecule is Cc1ccc(Nc2cc(Cl)nc(OCCO[Si](C)(C)C(C)(C)C)c2)cc1. The number of benzene rings is 1. The van der Waals surface area contributed by atoms with Crippen molar-refractivity contribution >= 4 is 31.3 Å². The van der Waals surface area contributed by atoms with E-state index in [0.717, 1.165) is 11.4 Å². The Morgan fingerprint density at radius 2 is 1.69 bits per heavy atom. The molecule has 0 bridgehead atoms. The van der Waals surface area contributed by atoms with Gasteiger partial charge < -0.3 is 14.5 Å². The smallest absolute Gasteiger partial charge is 0.216 e. The van der Waals surface area contributed by atoms with E-state index in [1.54, 1.807) is 6.07 Å². The largest absolute Gasteiger partial charge is 0.475 e. The number of halogens is 1. The topological polar surface area (TPSA) is 43.4 Å².